The van der Waals surface area contributed by atoms with Crippen LogP contribution in [0.3, 0.4) is 0 Å². The molecule has 0 rings (SSSR count). The average Bonchev–Trinajstić information content (AvgIpc) is 2.57. The number of carbonyl (C=O) groups is 1. The summed E-state index contributed by atoms with van der Waals surface area (Å²) >= 11 is 0. The highest BCUT2D eigenvalue weighted by molar-refractivity contribution is 5.81. The molecule has 0 saturated heterocycles. The Morgan fingerprint density at radius 2 is 0.960 bits per heavy atom. The predicted molar refractivity (Wildman–Crippen MR) is 95.0 cm³/mol. The van der Waals surface area contributed by atoms with Crippen LogP contribution in [0.4, 0.5) is 0 Å². The van der Waals surface area contributed by atoms with E-state index in [9.17, 15) is 4.79 Å². The Bertz CT molecular complexity index is 295. The fraction of sp³-hybridized carbons (Fsp3) is 0.944. The summed E-state index contributed by atoms with van der Waals surface area (Å²) < 4.78 is 32.0. The van der Waals surface area contributed by atoms with Crippen LogP contribution in [0, 0.1) is 5.92 Å². The van der Waals surface area contributed by atoms with Crippen LogP contribution < -0.4 is 0 Å². The Morgan fingerprint density at radius 3 is 1.32 bits per heavy atom. The van der Waals surface area contributed by atoms with Gasteiger partial charge in [-0.1, -0.05) is 13.8 Å². The fourth-order valence-corrected chi connectivity index (χ4v) is 1.56. The van der Waals surface area contributed by atoms with Gasteiger partial charge in [-0.25, -0.2) is 0 Å². The largest absolute Gasteiger partial charge is 0.377 e. The van der Waals surface area contributed by atoms with Crippen LogP contribution in [-0.2, 0) is 33.2 Å². The molecule has 0 fully saturated rings. The van der Waals surface area contributed by atoms with Gasteiger partial charge in [-0.2, -0.15) is 0 Å². The minimum Gasteiger partial charge on any atom is -0.377 e. The van der Waals surface area contributed by atoms with Crippen LogP contribution >= 0.6 is 0 Å². The Hall–Kier alpha value is -0.570. The van der Waals surface area contributed by atoms with E-state index in [1.807, 2.05) is 27.7 Å². The van der Waals surface area contributed by atoms with Gasteiger partial charge in [0.15, 0.2) is 5.78 Å². The maximum atomic E-state index is 11.3. The monoisotopic (exact) mass is 364 g/mol. The number of Topliss-reactive ketones (excluding diaryl/α,β-unsaturated/α-hetero) is 1. The summed E-state index contributed by atoms with van der Waals surface area (Å²) in [4.78, 5) is 11.3. The van der Waals surface area contributed by atoms with E-state index in [-0.39, 0.29) is 24.4 Å². The maximum absolute atomic E-state index is 11.3. The Balaban J connectivity index is 3.06. The number of rotatable bonds is 19. The van der Waals surface area contributed by atoms with E-state index >= 15 is 0 Å². The third-order valence-electron chi connectivity index (χ3n) is 3.06. The maximum Gasteiger partial charge on any atom is 0.160 e. The number of carbonyl (C=O) groups excluding carboxylic acids is 1. The van der Waals surface area contributed by atoms with Crippen molar-refractivity contribution in [2.75, 3.05) is 72.7 Å². The van der Waals surface area contributed by atoms with Gasteiger partial charge in [-0.05, 0) is 13.8 Å². The van der Waals surface area contributed by atoms with Gasteiger partial charge in [0.25, 0.3) is 0 Å². The first-order chi connectivity index (χ1) is 12.0. The molecule has 0 saturated carbocycles. The molecule has 0 aromatic rings. The second-order valence-corrected chi connectivity index (χ2v) is 6.04. The van der Waals surface area contributed by atoms with Crippen molar-refractivity contribution in [2.24, 2.45) is 5.92 Å². The van der Waals surface area contributed by atoms with Gasteiger partial charge in [-0.3, -0.25) is 4.79 Å². The molecule has 0 aromatic carbocycles. The van der Waals surface area contributed by atoms with Crippen molar-refractivity contribution in [3.8, 4) is 0 Å². The highest BCUT2D eigenvalue weighted by Gasteiger charge is 2.06. The van der Waals surface area contributed by atoms with Crippen molar-refractivity contribution in [3.05, 3.63) is 0 Å². The third kappa shape index (κ3) is 19.6. The van der Waals surface area contributed by atoms with E-state index in [1.165, 1.54) is 0 Å². The third-order valence-corrected chi connectivity index (χ3v) is 3.06. The normalized spacial score (nSPS) is 11.6. The molecule has 150 valence electrons. The molecule has 0 aliphatic rings. The molecule has 0 heterocycles. The van der Waals surface area contributed by atoms with E-state index in [1.54, 1.807) is 0 Å². The van der Waals surface area contributed by atoms with Gasteiger partial charge in [0, 0.05) is 5.92 Å². The molecule has 7 heteroatoms. The van der Waals surface area contributed by atoms with Gasteiger partial charge in [0.1, 0.15) is 6.61 Å². The summed E-state index contributed by atoms with van der Waals surface area (Å²) in [6, 6.07) is 0. The molecule has 0 spiro atoms. The summed E-state index contributed by atoms with van der Waals surface area (Å²) in [5.41, 5.74) is 0. The van der Waals surface area contributed by atoms with E-state index in [0.717, 1.165) is 0 Å². The first-order valence-electron chi connectivity index (χ1n) is 9.07. The van der Waals surface area contributed by atoms with Gasteiger partial charge < -0.3 is 28.4 Å². The molecule has 0 bridgehead atoms. The number of hydrogen-bond acceptors (Lipinski definition) is 7. The SMILES string of the molecule is CC(C)OCCOCCOCCOCCOCCOCC(=O)C(C)C. The smallest absolute Gasteiger partial charge is 0.160 e. The van der Waals surface area contributed by atoms with Crippen molar-refractivity contribution in [1.29, 1.82) is 0 Å². The standard InChI is InChI=1S/C18H36O7/c1-16(2)18(19)15-24-12-11-22-8-7-20-5-6-21-9-10-23-13-14-25-17(3)4/h16-17H,5-15H2,1-4H3. The van der Waals surface area contributed by atoms with Crippen molar-refractivity contribution >= 4 is 5.78 Å². The summed E-state index contributed by atoms with van der Waals surface area (Å²) in [7, 11) is 0. The lowest BCUT2D eigenvalue weighted by atomic mass is 10.1. The lowest BCUT2D eigenvalue weighted by molar-refractivity contribution is -0.127. The van der Waals surface area contributed by atoms with E-state index < -0.39 is 0 Å². The number of ketones is 1. The molecule has 0 aromatic heterocycles. The van der Waals surface area contributed by atoms with Crippen LogP contribution in [0.5, 0.6) is 0 Å². The van der Waals surface area contributed by atoms with Crippen LogP contribution in [0.2, 0.25) is 0 Å². The first kappa shape index (κ1) is 24.4. The number of hydrogen-bond donors (Lipinski definition) is 0. The van der Waals surface area contributed by atoms with Gasteiger partial charge >= 0.3 is 0 Å². The Morgan fingerprint density at radius 1 is 0.600 bits per heavy atom. The molecule has 7 nitrogen and oxygen atoms in total. The Labute approximate surface area is 152 Å². The molecule has 0 radical (unpaired) electrons. The van der Waals surface area contributed by atoms with Crippen molar-refractivity contribution < 1.29 is 33.2 Å². The topological polar surface area (TPSA) is 72.5 Å². The summed E-state index contributed by atoms with van der Waals surface area (Å²) in [6.45, 7) is 13.1. The Kier molecular flexibility index (Phi) is 17.8. The molecular formula is C18H36O7. The van der Waals surface area contributed by atoms with Crippen LogP contribution in [0.15, 0.2) is 0 Å². The molecule has 0 aliphatic carbocycles. The van der Waals surface area contributed by atoms with Crippen molar-refractivity contribution in [3.63, 3.8) is 0 Å². The average molecular weight is 364 g/mol. The highest BCUT2D eigenvalue weighted by atomic mass is 16.6. The minimum atomic E-state index is 0.0157. The van der Waals surface area contributed by atoms with Crippen molar-refractivity contribution in [1.82, 2.24) is 0 Å². The predicted octanol–water partition coefficient (Wildman–Crippen LogP) is 1.72. The lowest BCUT2D eigenvalue weighted by Crippen LogP contribution is -2.17. The van der Waals surface area contributed by atoms with Crippen molar-refractivity contribution in [2.45, 2.75) is 33.8 Å². The highest BCUT2D eigenvalue weighted by Crippen LogP contribution is 1.94. The molecule has 0 atom stereocenters. The zero-order valence-electron chi connectivity index (χ0n) is 16.3. The van der Waals surface area contributed by atoms with Crippen LogP contribution in [0.1, 0.15) is 27.7 Å². The zero-order chi connectivity index (χ0) is 18.8. The first-order valence-corrected chi connectivity index (χ1v) is 9.07. The molecule has 25 heavy (non-hydrogen) atoms. The minimum absolute atomic E-state index is 0.0157. The lowest BCUT2D eigenvalue weighted by Gasteiger charge is -2.09. The fourth-order valence-electron chi connectivity index (χ4n) is 1.56. The zero-order valence-corrected chi connectivity index (χ0v) is 16.3. The van der Waals surface area contributed by atoms with Gasteiger partial charge in [0.05, 0.1) is 72.2 Å². The molecule has 0 aliphatic heterocycles. The molecule has 0 unspecified atom stereocenters. The van der Waals surface area contributed by atoms with Crippen LogP contribution in [0.25, 0.3) is 0 Å². The van der Waals surface area contributed by atoms with Gasteiger partial charge in [-0.15, -0.1) is 0 Å². The van der Waals surface area contributed by atoms with Crippen LogP contribution in [-0.4, -0.2) is 84.6 Å². The number of ether oxygens (including phenoxy) is 6. The van der Waals surface area contributed by atoms with E-state index in [2.05, 4.69) is 0 Å². The quantitative estimate of drug-likeness (QED) is 0.323. The molecular weight excluding hydrogens is 328 g/mol. The van der Waals surface area contributed by atoms with E-state index in [4.69, 9.17) is 28.4 Å². The molecule has 0 N–H and O–H groups in total. The summed E-state index contributed by atoms with van der Waals surface area (Å²) in [6.07, 6.45) is 0.239. The molecule has 0 amide bonds. The summed E-state index contributed by atoms with van der Waals surface area (Å²) in [5.74, 6) is 0.125. The van der Waals surface area contributed by atoms with E-state index in [0.29, 0.717) is 66.1 Å². The van der Waals surface area contributed by atoms with Gasteiger partial charge in [0.2, 0.25) is 0 Å². The second kappa shape index (κ2) is 18.2. The summed E-state index contributed by atoms with van der Waals surface area (Å²) in [5, 5.41) is 0. The second-order valence-electron chi connectivity index (χ2n) is 6.04.